The molecule has 1 rings (SSSR count). The van der Waals surface area contributed by atoms with Crippen molar-refractivity contribution in [3.8, 4) is 0 Å². The van der Waals surface area contributed by atoms with E-state index < -0.39 is 17.7 Å². The van der Waals surface area contributed by atoms with Gasteiger partial charge in [0, 0.05) is 18.7 Å². The summed E-state index contributed by atoms with van der Waals surface area (Å²) in [6.07, 6.45) is 2.23. The molecule has 0 radical (unpaired) electrons. The van der Waals surface area contributed by atoms with E-state index in [-0.39, 0.29) is 19.7 Å². The summed E-state index contributed by atoms with van der Waals surface area (Å²) in [5.41, 5.74) is 0. The monoisotopic (exact) mass is 198 g/mol. The Morgan fingerprint density at radius 1 is 1.36 bits per heavy atom. The average molecular weight is 198 g/mol. The Kier molecular flexibility index (Phi) is 3.35. The summed E-state index contributed by atoms with van der Waals surface area (Å²) in [6.45, 7) is -0.362. The zero-order valence-electron chi connectivity index (χ0n) is 7.40. The van der Waals surface area contributed by atoms with Crippen LogP contribution in [0.5, 0.6) is 0 Å². The van der Waals surface area contributed by atoms with Crippen LogP contribution in [0, 0.1) is 0 Å². The Balaban J connectivity index is 2.41. The number of hydrogen-bond acceptors (Lipinski definition) is 4. The summed E-state index contributed by atoms with van der Waals surface area (Å²) < 4.78 is 0. The number of nitrogens with zero attached hydrogens (tertiary/aromatic N) is 1. The minimum absolute atomic E-state index is 0.114. The molecule has 0 aromatic rings. The Hall–Kier alpha value is -1.69. The maximum absolute atomic E-state index is 11.1. The van der Waals surface area contributed by atoms with Gasteiger partial charge < -0.3 is 10.4 Å². The third kappa shape index (κ3) is 2.40. The van der Waals surface area contributed by atoms with Crippen molar-refractivity contribution in [2.24, 2.45) is 0 Å². The van der Waals surface area contributed by atoms with E-state index in [1.165, 1.54) is 0 Å². The molecule has 0 aromatic heterocycles. The molecule has 0 unspecified atom stereocenters. The van der Waals surface area contributed by atoms with Gasteiger partial charge in [0.1, 0.15) is 6.54 Å². The van der Waals surface area contributed by atoms with Crippen LogP contribution in [0.25, 0.3) is 0 Å². The largest absolute Gasteiger partial charge is 0.395 e. The van der Waals surface area contributed by atoms with Crippen LogP contribution in [0.3, 0.4) is 0 Å². The molecule has 1 aliphatic heterocycles. The minimum atomic E-state index is -0.492. The fourth-order valence-corrected chi connectivity index (χ4v) is 0.982. The lowest BCUT2D eigenvalue weighted by molar-refractivity contribution is -0.141. The normalized spacial score (nSPS) is 15.1. The van der Waals surface area contributed by atoms with Gasteiger partial charge in [-0.05, 0) is 0 Å². The summed E-state index contributed by atoms with van der Waals surface area (Å²) in [7, 11) is 0. The van der Waals surface area contributed by atoms with Crippen LogP contribution >= 0.6 is 0 Å². The van der Waals surface area contributed by atoms with Crippen molar-refractivity contribution in [1.82, 2.24) is 10.2 Å². The average Bonchev–Trinajstić information content (AvgIpc) is 2.46. The molecule has 3 amide bonds. The first kappa shape index (κ1) is 10.4. The van der Waals surface area contributed by atoms with Gasteiger partial charge in [-0.2, -0.15) is 0 Å². The lowest BCUT2D eigenvalue weighted by Gasteiger charge is -2.12. The maximum Gasteiger partial charge on any atom is 0.254 e. The first-order valence-electron chi connectivity index (χ1n) is 4.06. The lowest BCUT2D eigenvalue weighted by atomic mass is 10.4. The molecule has 0 saturated carbocycles. The van der Waals surface area contributed by atoms with Crippen molar-refractivity contribution in [2.75, 3.05) is 19.7 Å². The number of aliphatic hydroxyl groups is 1. The number of carbonyl (C=O) groups excluding carboxylic acids is 3. The Bertz CT molecular complexity index is 280. The van der Waals surface area contributed by atoms with Gasteiger partial charge in [0.05, 0.1) is 6.61 Å². The molecule has 0 fully saturated rings. The maximum atomic E-state index is 11.1. The molecule has 0 aromatic carbocycles. The van der Waals surface area contributed by atoms with Crippen LogP contribution in [0.1, 0.15) is 0 Å². The molecular weight excluding hydrogens is 188 g/mol. The Labute approximate surface area is 80.2 Å². The SMILES string of the molecule is O=C(CN1C(=O)C=CC1=O)NCCO. The van der Waals surface area contributed by atoms with E-state index in [0.717, 1.165) is 17.1 Å². The molecule has 14 heavy (non-hydrogen) atoms. The van der Waals surface area contributed by atoms with Crippen LogP contribution in [0.4, 0.5) is 0 Å². The lowest BCUT2D eigenvalue weighted by Crippen LogP contribution is -2.41. The van der Waals surface area contributed by atoms with E-state index in [1.807, 2.05) is 0 Å². The zero-order chi connectivity index (χ0) is 10.6. The summed E-state index contributed by atoms with van der Waals surface area (Å²) in [5.74, 6) is -1.45. The zero-order valence-corrected chi connectivity index (χ0v) is 7.40. The second-order valence-corrected chi connectivity index (χ2v) is 2.67. The highest BCUT2D eigenvalue weighted by atomic mass is 16.3. The predicted molar refractivity (Wildman–Crippen MR) is 46.0 cm³/mol. The number of carbonyl (C=O) groups is 3. The highest BCUT2D eigenvalue weighted by Crippen LogP contribution is 2.01. The highest BCUT2D eigenvalue weighted by Gasteiger charge is 2.25. The Morgan fingerprint density at radius 3 is 2.43 bits per heavy atom. The van der Waals surface area contributed by atoms with E-state index in [0.29, 0.717) is 0 Å². The first-order valence-corrected chi connectivity index (χ1v) is 4.06. The first-order chi connectivity index (χ1) is 6.65. The van der Waals surface area contributed by atoms with Crippen LogP contribution in [-0.4, -0.2) is 47.4 Å². The summed E-state index contributed by atoms with van der Waals surface area (Å²) in [4.78, 5) is 33.8. The van der Waals surface area contributed by atoms with Gasteiger partial charge in [-0.15, -0.1) is 0 Å². The number of aliphatic hydroxyl groups excluding tert-OH is 1. The van der Waals surface area contributed by atoms with Gasteiger partial charge in [-0.3, -0.25) is 19.3 Å². The molecule has 6 heteroatoms. The van der Waals surface area contributed by atoms with E-state index in [2.05, 4.69) is 5.32 Å². The summed E-state index contributed by atoms with van der Waals surface area (Å²) in [6, 6.07) is 0. The molecule has 0 spiro atoms. The minimum Gasteiger partial charge on any atom is -0.395 e. The van der Waals surface area contributed by atoms with E-state index in [9.17, 15) is 14.4 Å². The molecule has 0 bridgehead atoms. The highest BCUT2D eigenvalue weighted by molar-refractivity contribution is 6.14. The summed E-state index contributed by atoms with van der Waals surface area (Å²) in [5, 5.41) is 10.7. The number of rotatable bonds is 4. The van der Waals surface area contributed by atoms with E-state index in [4.69, 9.17) is 5.11 Å². The number of nitrogens with one attached hydrogen (secondary N) is 1. The van der Waals surface area contributed by atoms with Crippen molar-refractivity contribution in [2.45, 2.75) is 0 Å². The predicted octanol–water partition coefficient (Wildman–Crippen LogP) is -1.98. The Morgan fingerprint density at radius 2 is 1.93 bits per heavy atom. The van der Waals surface area contributed by atoms with Gasteiger partial charge in [0.15, 0.2) is 0 Å². The second kappa shape index (κ2) is 4.52. The third-order valence-corrected chi connectivity index (χ3v) is 1.64. The molecule has 0 aliphatic carbocycles. The second-order valence-electron chi connectivity index (χ2n) is 2.67. The van der Waals surface area contributed by atoms with Gasteiger partial charge in [-0.25, -0.2) is 0 Å². The topological polar surface area (TPSA) is 86.7 Å². The van der Waals surface area contributed by atoms with E-state index >= 15 is 0 Å². The number of imide groups is 1. The van der Waals surface area contributed by atoms with Crippen molar-refractivity contribution in [1.29, 1.82) is 0 Å². The molecule has 76 valence electrons. The molecule has 0 atom stereocenters. The summed E-state index contributed by atoms with van der Waals surface area (Å²) >= 11 is 0. The molecule has 2 N–H and O–H groups in total. The van der Waals surface area contributed by atoms with Crippen LogP contribution in [0.15, 0.2) is 12.2 Å². The molecular formula is C8H10N2O4. The van der Waals surface area contributed by atoms with Crippen molar-refractivity contribution in [3.63, 3.8) is 0 Å². The number of amides is 3. The van der Waals surface area contributed by atoms with Crippen molar-refractivity contribution < 1.29 is 19.5 Å². The van der Waals surface area contributed by atoms with Gasteiger partial charge in [0.2, 0.25) is 5.91 Å². The van der Waals surface area contributed by atoms with Crippen LogP contribution in [0.2, 0.25) is 0 Å². The van der Waals surface area contributed by atoms with Gasteiger partial charge in [-0.1, -0.05) is 0 Å². The quantitative estimate of drug-likeness (QED) is 0.512. The fourth-order valence-electron chi connectivity index (χ4n) is 0.982. The smallest absolute Gasteiger partial charge is 0.254 e. The standard InChI is InChI=1S/C8H10N2O4/c11-4-3-9-6(12)5-10-7(13)1-2-8(10)14/h1-2,11H,3-5H2,(H,9,12). The number of hydrogen-bond donors (Lipinski definition) is 2. The van der Waals surface area contributed by atoms with Crippen LogP contribution < -0.4 is 5.32 Å². The van der Waals surface area contributed by atoms with Crippen LogP contribution in [-0.2, 0) is 14.4 Å². The molecule has 1 heterocycles. The fraction of sp³-hybridized carbons (Fsp3) is 0.375. The van der Waals surface area contributed by atoms with Gasteiger partial charge in [0.25, 0.3) is 11.8 Å². The molecule has 6 nitrogen and oxygen atoms in total. The third-order valence-electron chi connectivity index (χ3n) is 1.64. The molecule has 1 aliphatic rings. The van der Waals surface area contributed by atoms with Gasteiger partial charge >= 0.3 is 0 Å². The van der Waals surface area contributed by atoms with Crippen molar-refractivity contribution in [3.05, 3.63) is 12.2 Å². The van der Waals surface area contributed by atoms with Crippen molar-refractivity contribution >= 4 is 17.7 Å². The molecule has 0 saturated heterocycles. The van der Waals surface area contributed by atoms with E-state index in [1.54, 1.807) is 0 Å².